The molecule has 0 bridgehead atoms. The van der Waals surface area contributed by atoms with E-state index >= 15 is 0 Å². The van der Waals surface area contributed by atoms with Crippen LogP contribution in [-0.2, 0) is 13.8 Å². The maximum Gasteiger partial charge on any atom is 0.265 e. The van der Waals surface area contributed by atoms with Crippen LogP contribution < -0.4 is 4.74 Å². The van der Waals surface area contributed by atoms with Gasteiger partial charge in [0.05, 0.1) is 12.2 Å². The third-order valence-electron chi connectivity index (χ3n) is 2.68. The highest BCUT2D eigenvalue weighted by Gasteiger charge is 2.20. The number of benzene rings is 1. The summed E-state index contributed by atoms with van der Waals surface area (Å²) in [5.74, 6) is 0.186. The van der Waals surface area contributed by atoms with Crippen molar-refractivity contribution >= 4 is 31.3 Å². The molecule has 0 N–H and O–H groups in total. The van der Waals surface area contributed by atoms with Crippen LogP contribution in [0.5, 0.6) is 5.75 Å². The first-order valence-electron chi connectivity index (χ1n) is 5.58. The van der Waals surface area contributed by atoms with Gasteiger partial charge in [0.1, 0.15) is 10.6 Å². The van der Waals surface area contributed by atoms with Crippen molar-refractivity contribution in [3.63, 3.8) is 0 Å². The van der Waals surface area contributed by atoms with Gasteiger partial charge < -0.3 is 9.47 Å². The highest BCUT2D eigenvalue weighted by Crippen LogP contribution is 2.30. The van der Waals surface area contributed by atoms with Crippen molar-refractivity contribution in [2.45, 2.75) is 30.8 Å². The van der Waals surface area contributed by atoms with Gasteiger partial charge >= 0.3 is 0 Å². The lowest BCUT2D eigenvalue weighted by molar-refractivity contribution is 0.00523. The fourth-order valence-electron chi connectivity index (χ4n) is 1.30. The molecule has 0 spiro atoms. The molecule has 0 atom stereocenters. The van der Waals surface area contributed by atoms with Crippen molar-refractivity contribution in [3.05, 3.63) is 23.2 Å². The number of halogens is 2. The van der Waals surface area contributed by atoms with E-state index in [1.807, 2.05) is 13.8 Å². The van der Waals surface area contributed by atoms with E-state index in [1.54, 1.807) is 13.2 Å². The second-order valence-electron chi connectivity index (χ2n) is 4.59. The summed E-state index contributed by atoms with van der Waals surface area (Å²) >= 11 is 5.75. The Kier molecular flexibility index (Phi) is 5.50. The maximum absolute atomic E-state index is 11.4. The molecule has 1 aromatic carbocycles. The summed E-state index contributed by atoms with van der Waals surface area (Å²) < 4.78 is 33.5. The van der Waals surface area contributed by atoms with E-state index in [2.05, 4.69) is 0 Å². The first kappa shape index (κ1) is 16.6. The zero-order valence-electron chi connectivity index (χ0n) is 10.9. The zero-order chi connectivity index (χ0) is 14.7. The van der Waals surface area contributed by atoms with Crippen LogP contribution in [0.2, 0.25) is 5.02 Å². The van der Waals surface area contributed by atoms with Crippen molar-refractivity contribution in [1.82, 2.24) is 0 Å². The molecular formula is C12H16Cl2O4S. The molecule has 7 heteroatoms. The Morgan fingerprint density at radius 1 is 1.32 bits per heavy atom. The maximum atomic E-state index is 11.4. The Balaban J connectivity index is 2.85. The largest absolute Gasteiger partial charge is 0.492 e. The van der Waals surface area contributed by atoms with Crippen molar-refractivity contribution in [2.24, 2.45) is 0 Å². The van der Waals surface area contributed by atoms with Gasteiger partial charge in [-0.2, -0.15) is 0 Å². The highest BCUT2D eigenvalue weighted by atomic mass is 35.7. The van der Waals surface area contributed by atoms with Gasteiger partial charge in [0.2, 0.25) is 0 Å². The van der Waals surface area contributed by atoms with Crippen LogP contribution in [0.3, 0.4) is 0 Å². The summed E-state index contributed by atoms with van der Waals surface area (Å²) in [5.41, 5.74) is -0.341. The molecule has 19 heavy (non-hydrogen) atoms. The average molecular weight is 327 g/mol. The monoisotopic (exact) mass is 326 g/mol. The standard InChI is InChI=1S/C12H16Cl2O4S/c1-12(2,17-3)6-7-18-10-5-4-9(13)8-11(10)19(14,15)16/h4-5,8H,6-7H2,1-3H3. The van der Waals surface area contributed by atoms with E-state index in [0.29, 0.717) is 13.0 Å². The quantitative estimate of drug-likeness (QED) is 0.751. The van der Waals surface area contributed by atoms with Gasteiger partial charge in [0.25, 0.3) is 9.05 Å². The van der Waals surface area contributed by atoms with E-state index in [1.165, 1.54) is 12.1 Å². The minimum atomic E-state index is -3.90. The van der Waals surface area contributed by atoms with Crippen LogP contribution in [0.15, 0.2) is 23.1 Å². The zero-order valence-corrected chi connectivity index (χ0v) is 13.3. The fraction of sp³-hybridized carbons (Fsp3) is 0.500. The first-order chi connectivity index (χ1) is 8.65. The molecule has 0 amide bonds. The van der Waals surface area contributed by atoms with Gasteiger partial charge in [-0.15, -0.1) is 0 Å². The van der Waals surface area contributed by atoms with Gasteiger partial charge in [-0.3, -0.25) is 0 Å². The molecule has 1 aromatic rings. The summed E-state index contributed by atoms with van der Waals surface area (Å²) in [6.07, 6.45) is 0.605. The topological polar surface area (TPSA) is 52.6 Å². The Hall–Kier alpha value is -0.490. The molecule has 1 rings (SSSR count). The Morgan fingerprint density at radius 2 is 1.95 bits per heavy atom. The molecule has 0 unspecified atom stereocenters. The van der Waals surface area contributed by atoms with Gasteiger partial charge in [-0.25, -0.2) is 8.42 Å². The Labute approximate surface area is 123 Å². The molecule has 108 valence electrons. The average Bonchev–Trinajstić information content (AvgIpc) is 2.29. The van der Waals surface area contributed by atoms with Crippen molar-refractivity contribution in [2.75, 3.05) is 13.7 Å². The van der Waals surface area contributed by atoms with Gasteiger partial charge in [-0.05, 0) is 32.0 Å². The normalized spacial score (nSPS) is 12.5. The summed E-state index contributed by atoms with van der Waals surface area (Å²) in [7, 11) is 3.05. The number of hydrogen-bond acceptors (Lipinski definition) is 4. The third kappa shape index (κ3) is 5.18. The van der Waals surface area contributed by atoms with Gasteiger partial charge in [0, 0.05) is 29.2 Å². The third-order valence-corrected chi connectivity index (χ3v) is 4.26. The second-order valence-corrected chi connectivity index (χ2v) is 7.56. The lowest BCUT2D eigenvalue weighted by atomic mass is 10.1. The Bertz CT molecular complexity index is 541. The molecule has 0 saturated heterocycles. The SMILES string of the molecule is COC(C)(C)CCOc1ccc(Cl)cc1S(=O)(=O)Cl. The van der Waals surface area contributed by atoms with Crippen LogP contribution >= 0.6 is 22.3 Å². The van der Waals surface area contributed by atoms with Crippen LogP contribution in [0.25, 0.3) is 0 Å². The number of methoxy groups -OCH3 is 1. The summed E-state index contributed by atoms with van der Waals surface area (Å²) in [5, 5.41) is 0.281. The van der Waals surface area contributed by atoms with Crippen molar-refractivity contribution in [1.29, 1.82) is 0 Å². The van der Waals surface area contributed by atoms with E-state index in [9.17, 15) is 8.42 Å². The van der Waals surface area contributed by atoms with E-state index < -0.39 is 9.05 Å². The minimum absolute atomic E-state index is 0.128. The Morgan fingerprint density at radius 3 is 2.47 bits per heavy atom. The molecule has 0 fully saturated rings. The molecule has 0 saturated carbocycles. The summed E-state index contributed by atoms with van der Waals surface area (Å²) in [6.45, 7) is 4.14. The molecule has 0 aliphatic heterocycles. The van der Waals surface area contributed by atoms with Crippen LogP contribution in [0.4, 0.5) is 0 Å². The number of rotatable bonds is 6. The van der Waals surface area contributed by atoms with Crippen LogP contribution in [0, 0.1) is 0 Å². The van der Waals surface area contributed by atoms with Crippen LogP contribution in [0.1, 0.15) is 20.3 Å². The molecular weight excluding hydrogens is 311 g/mol. The number of hydrogen-bond donors (Lipinski definition) is 0. The molecule has 0 radical (unpaired) electrons. The fourth-order valence-corrected chi connectivity index (χ4v) is 2.53. The van der Waals surface area contributed by atoms with Gasteiger partial charge in [-0.1, -0.05) is 11.6 Å². The molecule has 0 aliphatic rings. The highest BCUT2D eigenvalue weighted by molar-refractivity contribution is 8.13. The second kappa shape index (κ2) is 6.31. The lowest BCUT2D eigenvalue weighted by Crippen LogP contribution is -2.25. The molecule has 4 nitrogen and oxygen atoms in total. The van der Waals surface area contributed by atoms with E-state index in [0.717, 1.165) is 0 Å². The minimum Gasteiger partial charge on any atom is -0.492 e. The smallest absolute Gasteiger partial charge is 0.265 e. The van der Waals surface area contributed by atoms with Crippen LogP contribution in [-0.4, -0.2) is 27.7 Å². The molecule has 0 aromatic heterocycles. The predicted octanol–water partition coefficient (Wildman–Crippen LogP) is 3.46. The molecule has 0 heterocycles. The summed E-state index contributed by atoms with van der Waals surface area (Å²) in [6, 6.07) is 4.29. The van der Waals surface area contributed by atoms with Crippen molar-refractivity contribution in [3.8, 4) is 5.75 Å². The van der Waals surface area contributed by atoms with Crippen molar-refractivity contribution < 1.29 is 17.9 Å². The first-order valence-corrected chi connectivity index (χ1v) is 8.26. The van der Waals surface area contributed by atoms with Gasteiger partial charge in [0.15, 0.2) is 0 Å². The number of ether oxygens (including phenoxy) is 2. The summed E-state index contributed by atoms with van der Waals surface area (Å²) in [4.78, 5) is -0.128. The lowest BCUT2D eigenvalue weighted by Gasteiger charge is -2.22. The molecule has 0 aliphatic carbocycles. The van der Waals surface area contributed by atoms with E-state index in [4.69, 9.17) is 31.8 Å². The van der Waals surface area contributed by atoms with E-state index in [-0.39, 0.29) is 21.3 Å². The predicted molar refractivity (Wildman–Crippen MR) is 75.7 cm³/mol.